The van der Waals surface area contributed by atoms with Crippen molar-refractivity contribution in [3.8, 4) is 5.75 Å². The molecule has 28 heavy (non-hydrogen) atoms. The van der Waals surface area contributed by atoms with Gasteiger partial charge in [-0.25, -0.2) is 15.0 Å². The minimum atomic E-state index is -4.70. The zero-order chi connectivity index (χ0) is 19.8. The van der Waals surface area contributed by atoms with Crippen LogP contribution in [0.2, 0.25) is 0 Å². The molecule has 0 amide bonds. The maximum absolute atomic E-state index is 12.4. The first-order valence-corrected chi connectivity index (χ1v) is 8.86. The predicted octanol–water partition coefficient (Wildman–Crippen LogP) is 2.75. The fourth-order valence-corrected chi connectivity index (χ4v) is 3.75. The van der Waals surface area contributed by atoms with E-state index >= 15 is 0 Å². The molecule has 1 aliphatic rings. The van der Waals surface area contributed by atoms with Gasteiger partial charge in [0.05, 0.1) is 6.33 Å². The number of hydrogen-bond donors (Lipinski definition) is 2. The molecule has 0 bridgehead atoms. The minimum absolute atomic E-state index is 0.234. The van der Waals surface area contributed by atoms with Gasteiger partial charge >= 0.3 is 6.36 Å². The molecule has 1 saturated heterocycles. The molecule has 0 radical (unpaired) electrons. The minimum Gasteiger partial charge on any atom is -0.406 e. The van der Waals surface area contributed by atoms with Crippen LogP contribution in [0.4, 0.5) is 19.0 Å². The number of ether oxygens (including phenoxy) is 1. The van der Waals surface area contributed by atoms with E-state index in [1.165, 1.54) is 18.5 Å². The van der Waals surface area contributed by atoms with Crippen LogP contribution in [0, 0.1) is 0 Å². The van der Waals surface area contributed by atoms with Crippen molar-refractivity contribution >= 4 is 17.0 Å². The normalized spacial score (nSPS) is 17.1. The molecule has 7 nitrogen and oxygen atoms in total. The summed E-state index contributed by atoms with van der Waals surface area (Å²) in [5.41, 5.74) is 8.11. The second kappa shape index (κ2) is 6.93. The molecule has 1 aromatic carbocycles. The summed E-state index contributed by atoms with van der Waals surface area (Å²) >= 11 is 0. The van der Waals surface area contributed by atoms with Crippen LogP contribution in [0.1, 0.15) is 18.4 Å². The summed E-state index contributed by atoms with van der Waals surface area (Å²) in [6.45, 7) is 1.82. The molecule has 0 spiro atoms. The van der Waals surface area contributed by atoms with Crippen LogP contribution in [0.15, 0.2) is 36.9 Å². The van der Waals surface area contributed by atoms with Gasteiger partial charge in [-0.15, -0.1) is 13.2 Å². The van der Waals surface area contributed by atoms with Crippen molar-refractivity contribution < 1.29 is 17.9 Å². The zero-order valence-corrected chi connectivity index (χ0v) is 14.9. The van der Waals surface area contributed by atoms with Gasteiger partial charge in [-0.3, -0.25) is 0 Å². The molecule has 1 fully saturated rings. The second-order valence-corrected chi connectivity index (χ2v) is 6.84. The molecule has 0 unspecified atom stereocenters. The summed E-state index contributed by atoms with van der Waals surface area (Å²) in [6.07, 6.45) is -0.118. The largest absolute Gasteiger partial charge is 0.573 e. The fraction of sp³-hybridized carbons (Fsp3) is 0.389. The number of fused-ring (bicyclic) bond motifs is 1. The van der Waals surface area contributed by atoms with Gasteiger partial charge in [0.2, 0.25) is 0 Å². The Kier molecular flexibility index (Phi) is 4.58. The predicted molar refractivity (Wildman–Crippen MR) is 97.0 cm³/mol. The Hall–Kier alpha value is -2.88. The summed E-state index contributed by atoms with van der Waals surface area (Å²) in [7, 11) is 0. The third-order valence-corrected chi connectivity index (χ3v) is 5.31. The maximum atomic E-state index is 12.4. The van der Waals surface area contributed by atoms with E-state index in [0.717, 1.165) is 29.7 Å². The lowest BCUT2D eigenvalue weighted by atomic mass is 9.73. The third-order valence-electron chi connectivity index (χ3n) is 5.31. The highest BCUT2D eigenvalue weighted by atomic mass is 19.4. The number of piperidine rings is 1. The number of benzene rings is 1. The van der Waals surface area contributed by atoms with E-state index in [9.17, 15) is 13.2 Å². The number of aromatic nitrogens is 4. The Morgan fingerprint density at radius 2 is 1.82 bits per heavy atom. The maximum Gasteiger partial charge on any atom is 0.573 e. The van der Waals surface area contributed by atoms with Gasteiger partial charge in [0, 0.05) is 25.0 Å². The number of aromatic amines is 1. The number of halogens is 3. The average Bonchev–Trinajstić information content (AvgIpc) is 3.16. The molecule has 3 heterocycles. The second-order valence-electron chi connectivity index (χ2n) is 6.84. The van der Waals surface area contributed by atoms with Crippen molar-refractivity contribution in [3.63, 3.8) is 0 Å². The standard InChI is InChI=1S/C18H19F3N6O/c19-18(20,21)28-13-3-1-12(2-4-13)17(9-22)5-7-27(8-6-17)16-14-15(24-10-23-14)25-11-26-16/h1-4,10-11H,5-9,22H2,(H,23,24,25,26). The molecular formula is C18H19F3N6O. The number of anilines is 1. The van der Waals surface area contributed by atoms with E-state index in [1.807, 2.05) is 0 Å². The Morgan fingerprint density at radius 3 is 2.46 bits per heavy atom. The number of hydrogen-bond acceptors (Lipinski definition) is 6. The Bertz CT molecular complexity index is 948. The van der Waals surface area contributed by atoms with Crippen molar-refractivity contribution in [3.05, 3.63) is 42.5 Å². The van der Waals surface area contributed by atoms with Crippen LogP contribution < -0.4 is 15.4 Å². The first kappa shape index (κ1) is 18.5. The van der Waals surface area contributed by atoms with Crippen molar-refractivity contribution in [1.29, 1.82) is 0 Å². The molecule has 0 atom stereocenters. The molecule has 0 saturated carbocycles. The first-order chi connectivity index (χ1) is 13.4. The third kappa shape index (κ3) is 3.47. The Labute approximate surface area is 158 Å². The summed E-state index contributed by atoms with van der Waals surface area (Å²) in [5.74, 6) is 0.536. The van der Waals surface area contributed by atoms with E-state index in [1.54, 1.807) is 18.5 Å². The first-order valence-electron chi connectivity index (χ1n) is 8.86. The molecule has 1 aliphatic heterocycles. The van der Waals surface area contributed by atoms with Crippen LogP contribution >= 0.6 is 0 Å². The average molecular weight is 392 g/mol. The van der Waals surface area contributed by atoms with Gasteiger partial charge in [0.1, 0.15) is 17.6 Å². The van der Waals surface area contributed by atoms with Crippen molar-refractivity contribution in [2.45, 2.75) is 24.6 Å². The van der Waals surface area contributed by atoms with Crippen molar-refractivity contribution in [2.75, 3.05) is 24.5 Å². The van der Waals surface area contributed by atoms with Gasteiger partial charge in [-0.05, 0) is 30.5 Å². The lowest BCUT2D eigenvalue weighted by molar-refractivity contribution is -0.274. The molecule has 4 rings (SSSR count). The van der Waals surface area contributed by atoms with Crippen LogP contribution in [0.3, 0.4) is 0 Å². The number of nitrogens with zero attached hydrogens (tertiary/aromatic N) is 4. The van der Waals surface area contributed by atoms with Crippen LogP contribution in [-0.2, 0) is 5.41 Å². The highest BCUT2D eigenvalue weighted by molar-refractivity contribution is 5.82. The summed E-state index contributed by atoms with van der Waals surface area (Å²) in [4.78, 5) is 17.9. The molecule has 148 valence electrons. The van der Waals surface area contributed by atoms with Crippen molar-refractivity contribution in [1.82, 2.24) is 19.9 Å². The molecule has 10 heteroatoms. The van der Waals surface area contributed by atoms with Gasteiger partial charge < -0.3 is 20.4 Å². The molecule has 0 aliphatic carbocycles. The van der Waals surface area contributed by atoms with Gasteiger partial charge in [-0.2, -0.15) is 0 Å². The van der Waals surface area contributed by atoms with Crippen molar-refractivity contribution in [2.24, 2.45) is 5.73 Å². The summed E-state index contributed by atoms with van der Waals surface area (Å²) in [5, 5.41) is 0. The SMILES string of the molecule is NCC1(c2ccc(OC(F)(F)F)cc2)CCN(c2ncnc3[nH]cnc23)CC1. The smallest absolute Gasteiger partial charge is 0.406 e. The highest BCUT2D eigenvalue weighted by Crippen LogP contribution is 2.37. The van der Waals surface area contributed by atoms with E-state index < -0.39 is 6.36 Å². The zero-order valence-electron chi connectivity index (χ0n) is 14.9. The monoisotopic (exact) mass is 392 g/mol. The number of alkyl halides is 3. The van der Waals surface area contributed by atoms with E-state index in [-0.39, 0.29) is 11.2 Å². The highest BCUT2D eigenvalue weighted by Gasteiger charge is 2.36. The summed E-state index contributed by atoms with van der Waals surface area (Å²) < 4.78 is 41.0. The van der Waals surface area contributed by atoms with E-state index in [4.69, 9.17) is 5.73 Å². The molecular weight excluding hydrogens is 373 g/mol. The van der Waals surface area contributed by atoms with Crippen LogP contribution in [0.5, 0.6) is 5.75 Å². The topological polar surface area (TPSA) is 93.0 Å². The van der Waals surface area contributed by atoms with Gasteiger partial charge in [0.25, 0.3) is 0 Å². The van der Waals surface area contributed by atoms with Gasteiger partial charge in [0.15, 0.2) is 11.5 Å². The Morgan fingerprint density at radius 1 is 1.11 bits per heavy atom. The van der Waals surface area contributed by atoms with Crippen LogP contribution in [0.25, 0.3) is 11.2 Å². The lowest BCUT2D eigenvalue weighted by Gasteiger charge is -2.42. The summed E-state index contributed by atoms with van der Waals surface area (Å²) in [6, 6.07) is 6.01. The number of rotatable bonds is 4. The van der Waals surface area contributed by atoms with E-state index in [2.05, 4.69) is 29.6 Å². The number of nitrogens with two attached hydrogens (primary N) is 1. The van der Waals surface area contributed by atoms with Crippen LogP contribution in [-0.4, -0.2) is 45.9 Å². The lowest BCUT2D eigenvalue weighted by Crippen LogP contribution is -2.47. The fourth-order valence-electron chi connectivity index (χ4n) is 3.75. The van der Waals surface area contributed by atoms with Gasteiger partial charge in [-0.1, -0.05) is 12.1 Å². The number of imidazole rings is 1. The molecule has 2 aromatic heterocycles. The Balaban J connectivity index is 1.52. The quantitative estimate of drug-likeness (QED) is 0.709. The molecule has 3 aromatic rings. The number of H-pyrrole nitrogens is 1. The number of nitrogens with one attached hydrogen (secondary N) is 1. The molecule has 3 N–H and O–H groups in total. The van der Waals surface area contributed by atoms with E-state index in [0.29, 0.717) is 25.3 Å².